The molecule has 1 N–H and O–H groups in total. The Labute approximate surface area is 137 Å². The summed E-state index contributed by atoms with van der Waals surface area (Å²) in [5.74, 6) is 2.42. The zero-order chi connectivity index (χ0) is 16.2. The summed E-state index contributed by atoms with van der Waals surface area (Å²) in [6.07, 6.45) is 5.07. The lowest BCUT2D eigenvalue weighted by atomic mass is 10.2. The van der Waals surface area contributed by atoms with E-state index in [1.54, 1.807) is 7.11 Å². The van der Waals surface area contributed by atoms with E-state index in [4.69, 9.17) is 14.0 Å². The van der Waals surface area contributed by atoms with Crippen molar-refractivity contribution in [2.45, 2.75) is 52.2 Å². The number of methoxy groups -OCH3 is 1. The molecule has 1 aromatic heterocycles. The van der Waals surface area contributed by atoms with Gasteiger partial charge in [0.25, 0.3) is 0 Å². The molecule has 0 atom stereocenters. The maximum absolute atomic E-state index is 6.14. The van der Waals surface area contributed by atoms with Crippen molar-refractivity contribution in [1.29, 1.82) is 0 Å². The predicted molar refractivity (Wildman–Crippen MR) is 89.2 cm³/mol. The van der Waals surface area contributed by atoms with Crippen molar-refractivity contribution in [3.05, 3.63) is 35.2 Å². The molecule has 5 heteroatoms. The Morgan fingerprint density at radius 1 is 1.22 bits per heavy atom. The topological polar surface area (TPSA) is 56.5 Å². The molecule has 1 saturated carbocycles. The molecular formula is C18H24N2O3. The molecule has 0 saturated heterocycles. The van der Waals surface area contributed by atoms with Gasteiger partial charge in [-0.25, -0.2) is 0 Å². The van der Waals surface area contributed by atoms with Crippen LogP contribution in [0.4, 0.5) is 5.69 Å². The third-order valence-corrected chi connectivity index (χ3v) is 4.33. The summed E-state index contributed by atoms with van der Waals surface area (Å²) in [5.41, 5.74) is 2.97. The molecule has 0 bridgehead atoms. The number of ether oxygens (including phenoxy) is 2. The molecule has 0 amide bonds. The molecule has 5 nitrogen and oxygen atoms in total. The Morgan fingerprint density at radius 2 is 2.00 bits per heavy atom. The molecule has 0 aliphatic heterocycles. The maximum atomic E-state index is 6.14. The Kier molecular flexibility index (Phi) is 4.74. The quantitative estimate of drug-likeness (QED) is 0.864. The first-order chi connectivity index (χ1) is 11.2. The van der Waals surface area contributed by atoms with Gasteiger partial charge < -0.3 is 19.3 Å². The van der Waals surface area contributed by atoms with Gasteiger partial charge in [-0.15, -0.1) is 0 Å². The van der Waals surface area contributed by atoms with Gasteiger partial charge in [-0.05, 0) is 57.2 Å². The van der Waals surface area contributed by atoms with Crippen LogP contribution in [-0.2, 0) is 6.54 Å². The van der Waals surface area contributed by atoms with Crippen molar-refractivity contribution in [2.75, 3.05) is 12.4 Å². The normalized spacial score (nSPS) is 14.9. The largest absolute Gasteiger partial charge is 0.493 e. The highest BCUT2D eigenvalue weighted by Gasteiger charge is 2.18. The average molecular weight is 316 g/mol. The molecule has 1 aliphatic rings. The number of aryl methyl sites for hydroxylation is 2. The highest BCUT2D eigenvalue weighted by Crippen LogP contribution is 2.32. The number of nitrogens with one attached hydrogen (secondary N) is 1. The maximum Gasteiger partial charge on any atom is 0.161 e. The Hall–Kier alpha value is -2.17. The minimum atomic E-state index is 0.315. The Bertz CT molecular complexity index is 641. The van der Waals surface area contributed by atoms with Gasteiger partial charge in [-0.1, -0.05) is 11.2 Å². The summed E-state index contributed by atoms with van der Waals surface area (Å²) in [5, 5.41) is 7.34. The lowest BCUT2D eigenvalue weighted by molar-refractivity contribution is 0.200. The standard InChI is InChI=1S/C18H24N2O3/c1-12-18(13(2)23-20-12)19-11-14-8-9-16(21-3)17(10-14)22-15-6-4-5-7-15/h8-10,15,19H,4-7,11H2,1-3H3. The van der Waals surface area contributed by atoms with E-state index in [1.165, 1.54) is 12.8 Å². The van der Waals surface area contributed by atoms with Gasteiger partial charge in [0.05, 0.1) is 13.2 Å². The van der Waals surface area contributed by atoms with Crippen LogP contribution in [0.1, 0.15) is 42.7 Å². The highest BCUT2D eigenvalue weighted by molar-refractivity contribution is 5.51. The zero-order valence-corrected chi connectivity index (χ0v) is 14.0. The summed E-state index contributed by atoms with van der Waals surface area (Å²) < 4.78 is 16.7. The highest BCUT2D eigenvalue weighted by atomic mass is 16.5. The molecule has 3 rings (SSSR count). The first-order valence-electron chi connectivity index (χ1n) is 8.17. The average Bonchev–Trinajstić information content (AvgIpc) is 3.16. The number of benzene rings is 1. The van der Waals surface area contributed by atoms with Crippen LogP contribution in [0, 0.1) is 13.8 Å². The van der Waals surface area contributed by atoms with Crippen molar-refractivity contribution in [3.8, 4) is 11.5 Å². The van der Waals surface area contributed by atoms with Crippen LogP contribution in [0.3, 0.4) is 0 Å². The van der Waals surface area contributed by atoms with E-state index in [2.05, 4.69) is 16.5 Å². The second-order valence-corrected chi connectivity index (χ2v) is 6.06. The number of rotatable bonds is 6. The van der Waals surface area contributed by atoms with Crippen LogP contribution in [0.25, 0.3) is 0 Å². The summed E-state index contributed by atoms with van der Waals surface area (Å²) in [4.78, 5) is 0. The van der Waals surface area contributed by atoms with Crippen LogP contribution in [0.15, 0.2) is 22.7 Å². The Morgan fingerprint density at radius 3 is 2.65 bits per heavy atom. The molecule has 0 spiro atoms. The predicted octanol–water partition coefficient (Wildman–Crippen LogP) is 4.23. The van der Waals surface area contributed by atoms with Gasteiger partial charge >= 0.3 is 0 Å². The fourth-order valence-corrected chi connectivity index (χ4v) is 3.03. The third kappa shape index (κ3) is 3.60. The summed E-state index contributed by atoms with van der Waals surface area (Å²) in [6, 6.07) is 6.07. The molecule has 23 heavy (non-hydrogen) atoms. The minimum Gasteiger partial charge on any atom is -0.493 e. The van der Waals surface area contributed by atoms with E-state index in [1.807, 2.05) is 26.0 Å². The molecule has 1 heterocycles. The molecule has 0 unspecified atom stereocenters. The smallest absolute Gasteiger partial charge is 0.161 e. The van der Waals surface area contributed by atoms with E-state index in [0.717, 1.165) is 47.0 Å². The second-order valence-electron chi connectivity index (χ2n) is 6.06. The summed E-state index contributed by atoms with van der Waals surface area (Å²) >= 11 is 0. The van der Waals surface area contributed by atoms with Gasteiger partial charge in [0.15, 0.2) is 17.3 Å². The lowest BCUT2D eigenvalue weighted by Crippen LogP contribution is -2.12. The number of hydrogen-bond donors (Lipinski definition) is 1. The lowest BCUT2D eigenvalue weighted by Gasteiger charge is -2.17. The van der Waals surface area contributed by atoms with Crippen molar-refractivity contribution >= 4 is 5.69 Å². The van der Waals surface area contributed by atoms with Crippen LogP contribution in [0.2, 0.25) is 0 Å². The molecular weight excluding hydrogens is 292 g/mol. The van der Waals surface area contributed by atoms with Crippen LogP contribution >= 0.6 is 0 Å². The number of nitrogens with zero attached hydrogens (tertiary/aromatic N) is 1. The van der Waals surface area contributed by atoms with Crippen LogP contribution in [-0.4, -0.2) is 18.4 Å². The fraction of sp³-hybridized carbons (Fsp3) is 0.500. The minimum absolute atomic E-state index is 0.315. The summed E-state index contributed by atoms with van der Waals surface area (Å²) in [6.45, 7) is 4.53. The van der Waals surface area contributed by atoms with Gasteiger partial charge in [-0.3, -0.25) is 0 Å². The monoisotopic (exact) mass is 316 g/mol. The molecule has 124 valence electrons. The first-order valence-corrected chi connectivity index (χ1v) is 8.17. The SMILES string of the molecule is COc1ccc(CNc2c(C)noc2C)cc1OC1CCCC1. The number of hydrogen-bond acceptors (Lipinski definition) is 5. The fourth-order valence-electron chi connectivity index (χ4n) is 3.03. The van der Waals surface area contributed by atoms with Crippen molar-refractivity contribution in [3.63, 3.8) is 0 Å². The second kappa shape index (κ2) is 6.94. The number of aromatic nitrogens is 1. The molecule has 1 aromatic carbocycles. The van der Waals surface area contributed by atoms with E-state index in [-0.39, 0.29) is 0 Å². The van der Waals surface area contributed by atoms with E-state index >= 15 is 0 Å². The van der Waals surface area contributed by atoms with Crippen LogP contribution in [0.5, 0.6) is 11.5 Å². The van der Waals surface area contributed by atoms with Crippen molar-refractivity contribution < 1.29 is 14.0 Å². The van der Waals surface area contributed by atoms with Gasteiger partial charge in [-0.2, -0.15) is 0 Å². The third-order valence-electron chi connectivity index (χ3n) is 4.33. The molecule has 2 aromatic rings. The van der Waals surface area contributed by atoms with Gasteiger partial charge in [0.2, 0.25) is 0 Å². The van der Waals surface area contributed by atoms with Gasteiger partial charge in [0, 0.05) is 6.54 Å². The van der Waals surface area contributed by atoms with E-state index < -0.39 is 0 Å². The molecule has 1 aliphatic carbocycles. The van der Waals surface area contributed by atoms with E-state index in [0.29, 0.717) is 12.6 Å². The Balaban J connectivity index is 1.72. The van der Waals surface area contributed by atoms with Crippen molar-refractivity contribution in [2.24, 2.45) is 0 Å². The number of anilines is 1. The van der Waals surface area contributed by atoms with Crippen molar-refractivity contribution in [1.82, 2.24) is 5.16 Å². The van der Waals surface area contributed by atoms with E-state index in [9.17, 15) is 0 Å². The molecule has 0 radical (unpaired) electrons. The van der Waals surface area contributed by atoms with Crippen LogP contribution < -0.4 is 14.8 Å². The zero-order valence-electron chi connectivity index (χ0n) is 14.0. The van der Waals surface area contributed by atoms with Gasteiger partial charge in [0.1, 0.15) is 11.4 Å². The summed E-state index contributed by atoms with van der Waals surface area (Å²) in [7, 11) is 1.68. The first kappa shape index (κ1) is 15.7. The molecule has 1 fully saturated rings.